The van der Waals surface area contributed by atoms with Crippen molar-refractivity contribution in [1.82, 2.24) is 14.8 Å². The Morgan fingerprint density at radius 1 is 1.22 bits per heavy atom. The molecule has 3 aromatic rings. The maximum absolute atomic E-state index is 12.9. The summed E-state index contributed by atoms with van der Waals surface area (Å²) in [4.78, 5) is 22.4. The Bertz CT molecular complexity index is 1490. The van der Waals surface area contributed by atoms with Crippen molar-refractivity contribution in [2.45, 2.75) is 71.6 Å². The van der Waals surface area contributed by atoms with Gasteiger partial charge in [0.15, 0.2) is 11.9 Å². The van der Waals surface area contributed by atoms with E-state index in [2.05, 4.69) is 21.9 Å². The first-order chi connectivity index (χ1) is 20.0. The molecule has 3 aliphatic heterocycles. The molecular weight excluding hydrogens is 540 g/mol. The number of anilines is 2. The second-order valence-corrected chi connectivity index (χ2v) is 11.7. The number of fused-ring (bicyclic) bond motifs is 2. The van der Waals surface area contributed by atoms with Gasteiger partial charge in [-0.1, -0.05) is 11.6 Å². The Kier molecular flexibility index (Phi) is 8.05. The number of aryl methyl sites for hydroxylation is 1. The first-order valence-corrected chi connectivity index (χ1v) is 15.2. The lowest BCUT2D eigenvalue weighted by Gasteiger charge is -2.38. The zero-order valence-electron chi connectivity index (χ0n) is 23.9. The maximum atomic E-state index is 12.9. The molecule has 2 saturated heterocycles. The Morgan fingerprint density at radius 3 is 2.88 bits per heavy atom. The second kappa shape index (κ2) is 11.9. The van der Waals surface area contributed by atoms with Crippen LogP contribution in [0, 0.1) is 24.2 Å². The van der Waals surface area contributed by atoms with Crippen molar-refractivity contribution in [2.75, 3.05) is 42.6 Å². The molecular formula is C31H37ClN6O3. The van der Waals surface area contributed by atoms with Gasteiger partial charge in [0.05, 0.1) is 47.3 Å². The van der Waals surface area contributed by atoms with Gasteiger partial charge in [0.1, 0.15) is 0 Å². The van der Waals surface area contributed by atoms with Crippen LogP contribution in [0.15, 0.2) is 18.3 Å². The number of esters is 1. The highest BCUT2D eigenvalue weighted by atomic mass is 35.5. The fourth-order valence-electron chi connectivity index (χ4n) is 6.61. The molecule has 216 valence electrons. The number of halogens is 1. The number of benzene rings is 1. The van der Waals surface area contributed by atoms with Crippen LogP contribution >= 0.6 is 11.6 Å². The number of aromatic nitrogens is 3. The molecule has 0 bridgehead atoms. The Morgan fingerprint density at radius 2 is 2.10 bits per heavy atom. The third kappa shape index (κ3) is 5.35. The molecule has 3 aliphatic rings. The lowest BCUT2D eigenvalue weighted by atomic mass is 9.93. The van der Waals surface area contributed by atoms with Crippen LogP contribution in [0.2, 0.25) is 5.02 Å². The van der Waals surface area contributed by atoms with Gasteiger partial charge in [0, 0.05) is 49.3 Å². The van der Waals surface area contributed by atoms with Crippen LogP contribution in [-0.2, 0) is 22.4 Å². The van der Waals surface area contributed by atoms with E-state index in [9.17, 15) is 10.1 Å². The SMILES string of the molecule is CCOC(=O)c1cc(N2CCC[C@@H](CC#N)C2)c2c(n1)CN(c1c(Cl)c(C)cc3c1cnn3C1CCCCO1)CC2. The number of carbonyl (C=O) groups excluding carboxylic acids is 1. The fourth-order valence-corrected chi connectivity index (χ4v) is 6.88. The van der Waals surface area contributed by atoms with Crippen LogP contribution in [0.4, 0.5) is 11.4 Å². The molecule has 10 heteroatoms. The van der Waals surface area contributed by atoms with Gasteiger partial charge in [-0.25, -0.2) is 14.5 Å². The van der Waals surface area contributed by atoms with Gasteiger partial charge in [-0.05, 0) is 76.0 Å². The molecule has 1 aromatic carbocycles. The summed E-state index contributed by atoms with van der Waals surface area (Å²) in [6.45, 7) is 7.87. The van der Waals surface area contributed by atoms with E-state index in [4.69, 9.17) is 31.2 Å². The quantitative estimate of drug-likeness (QED) is 0.332. The highest BCUT2D eigenvalue weighted by Gasteiger charge is 2.31. The highest BCUT2D eigenvalue weighted by Crippen LogP contribution is 2.42. The molecule has 2 fully saturated rings. The van der Waals surface area contributed by atoms with Crippen molar-refractivity contribution < 1.29 is 14.3 Å². The predicted octanol–water partition coefficient (Wildman–Crippen LogP) is 5.96. The van der Waals surface area contributed by atoms with Crippen LogP contribution in [0.25, 0.3) is 10.9 Å². The van der Waals surface area contributed by atoms with Crippen LogP contribution < -0.4 is 9.80 Å². The van der Waals surface area contributed by atoms with Gasteiger partial charge in [-0.15, -0.1) is 0 Å². The zero-order chi connectivity index (χ0) is 28.5. The predicted molar refractivity (Wildman–Crippen MR) is 158 cm³/mol. The number of nitriles is 1. The summed E-state index contributed by atoms with van der Waals surface area (Å²) in [5.41, 5.74) is 6.36. The van der Waals surface area contributed by atoms with E-state index in [1.54, 1.807) is 6.92 Å². The topological polar surface area (TPSA) is 96.5 Å². The molecule has 0 N–H and O–H groups in total. The normalized spacial score (nSPS) is 21.0. The third-order valence-corrected chi connectivity index (χ3v) is 9.10. The van der Waals surface area contributed by atoms with Crippen molar-refractivity contribution in [1.29, 1.82) is 5.26 Å². The minimum absolute atomic E-state index is 0.0671. The van der Waals surface area contributed by atoms with E-state index in [-0.39, 0.29) is 6.23 Å². The van der Waals surface area contributed by atoms with Gasteiger partial charge in [-0.2, -0.15) is 10.4 Å². The smallest absolute Gasteiger partial charge is 0.356 e. The molecule has 6 rings (SSSR count). The Labute approximate surface area is 246 Å². The van der Waals surface area contributed by atoms with Gasteiger partial charge in [-0.3, -0.25) is 0 Å². The Balaban J connectivity index is 1.39. The molecule has 0 radical (unpaired) electrons. The molecule has 2 aromatic heterocycles. The number of hydrogen-bond acceptors (Lipinski definition) is 8. The van der Waals surface area contributed by atoms with E-state index in [1.807, 2.05) is 23.9 Å². The lowest BCUT2D eigenvalue weighted by molar-refractivity contribution is -0.0366. The molecule has 0 saturated carbocycles. The number of rotatable bonds is 6. The average molecular weight is 577 g/mol. The number of carbonyl (C=O) groups is 1. The maximum Gasteiger partial charge on any atom is 0.356 e. The molecule has 0 amide bonds. The van der Waals surface area contributed by atoms with Gasteiger partial charge < -0.3 is 19.3 Å². The molecule has 0 aliphatic carbocycles. The number of piperidine rings is 1. The second-order valence-electron chi connectivity index (χ2n) is 11.4. The first-order valence-electron chi connectivity index (χ1n) is 14.8. The van der Waals surface area contributed by atoms with Gasteiger partial charge >= 0.3 is 5.97 Å². The van der Waals surface area contributed by atoms with E-state index >= 15 is 0 Å². The van der Waals surface area contributed by atoms with E-state index < -0.39 is 5.97 Å². The standard InChI is InChI=1S/C31H37ClN6O3/c1-3-40-31(39)24-16-26(36-12-6-7-21(18-36)9-11-33)22-10-13-37(19-25(22)35-24)30-23-17-34-38(28-8-4-5-14-41-28)27(23)15-20(2)29(30)32/h15-17,21,28H,3-10,12-14,18-19H2,1-2H3/t21-,28?/m0/s1. The van der Waals surface area contributed by atoms with Gasteiger partial charge in [0.2, 0.25) is 0 Å². The van der Waals surface area contributed by atoms with Crippen LogP contribution in [-0.4, -0.2) is 53.6 Å². The number of ether oxygens (including phenoxy) is 2. The Hall–Kier alpha value is -3.35. The van der Waals surface area contributed by atoms with E-state index in [1.165, 1.54) is 5.56 Å². The summed E-state index contributed by atoms with van der Waals surface area (Å²) < 4.78 is 13.4. The molecule has 5 heterocycles. The lowest BCUT2D eigenvalue weighted by Crippen LogP contribution is -2.38. The summed E-state index contributed by atoms with van der Waals surface area (Å²) in [6.07, 6.45) is 8.38. The van der Waals surface area contributed by atoms with Crippen LogP contribution in [0.5, 0.6) is 0 Å². The third-order valence-electron chi connectivity index (χ3n) is 8.62. The number of pyridine rings is 1. The van der Waals surface area contributed by atoms with Gasteiger partial charge in [0.25, 0.3) is 0 Å². The molecule has 9 nitrogen and oxygen atoms in total. The highest BCUT2D eigenvalue weighted by molar-refractivity contribution is 6.35. The minimum atomic E-state index is -0.413. The summed E-state index contributed by atoms with van der Waals surface area (Å²) in [6, 6.07) is 6.34. The van der Waals surface area contributed by atoms with Crippen molar-refractivity contribution in [2.24, 2.45) is 5.92 Å². The summed E-state index contributed by atoms with van der Waals surface area (Å²) in [7, 11) is 0. The van der Waals surface area contributed by atoms with Crippen molar-refractivity contribution in [3.63, 3.8) is 0 Å². The van der Waals surface area contributed by atoms with Crippen molar-refractivity contribution >= 4 is 39.8 Å². The average Bonchev–Trinajstić information content (AvgIpc) is 3.40. The van der Waals surface area contributed by atoms with Crippen LogP contribution in [0.1, 0.15) is 79.0 Å². The largest absolute Gasteiger partial charge is 0.461 e. The van der Waals surface area contributed by atoms with Crippen molar-refractivity contribution in [3.05, 3.63) is 45.9 Å². The van der Waals surface area contributed by atoms with Crippen LogP contribution in [0.3, 0.4) is 0 Å². The zero-order valence-corrected chi connectivity index (χ0v) is 24.6. The monoisotopic (exact) mass is 576 g/mol. The molecule has 0 spiro atoms. The van der Waals surface area contributed by atoms with E-state index in [0.29, 0.717) is 36.2 Å². The summed E-state index contributed by atoms with van der Waals surface area (Å²) in [5.74, 6) is -0.0863. The fraction of sp³-hybridized carbons (Fsp3) is 0.548. The summed E-state index contributed by atoms with van der Waals surface area (Å²) >= 11 is 7.01. The molecule has 1 unspecified atom stereocenters. The van der Waals surface area contributed by atoms with E-state index in [0.717, 1.165) is 98.3 Å². The summed E-state index contributed by atoms with van der Waals surface area (Å²) in [5, 5.41) is 15.8. The molecule has 2 atom stereocenters. The van der Waals surface area contributed by atoms with Crippen molar-refractivity contribution in [3.8, 4) is 6.07 Å². The first kappa shape index (κ1) is 27.8. The number of hydrogen-bond donors (Lipinski definition) is 0. The number of nitrogens with zero attached hydrogens (tertiary/aromatic N) is 6. The minimum Gasteiger partial charge on any atom is -0.461 e. The molecule has 41 heavy (non-hydrogen) atoms.